The van der Waals surface area contributed by atoms with E-state index in [1.54, 1.807) is 4.90 Å². The van der Waals surface area contributed by atoms with Crippen LogP contribution in [0.15, 0.2) is 30.3 Å². The molecule has 0 unspecified atom stereocenters. The van der Waals surface area contributed by atoms with E-state index in [2.05, 4.69) is 5.32 Å². The van der Waals surface area contributed by atoms with Gasteiger partial charge in [0.25, 0.3) is 0 Å². The summed E-state index contributed by atoms with van der Waals surface area (Å²) in [6.07, 6.45) is 1.88. The Morgan fingerprint density at radius 1 is 1.14 bits per heavy atom. The van der Waals surface area contributed by atoms with Gasteiger partial charge in [-0.15, -0.1) is 0 Å². The van der Waals surface area contributed by atoms with Crippen LogP contribution in [0.5, 0.6) is 0 Å². The molecule has 1 atom stereocenters. The van der Waals surface area contributed by atoms with Gasteiger partial charge in [0.2, 0.25) is 11.8 Å². The zero-order valence-electron chi connectivity index (χ0n) is 13.3. The van der Waals surface area contributed by atoms with E-state index < -0.39 is 6.04 Å². The maximum absolute atomic E-state index is 12.4. The maximum Gasteiger partial charge on any atom is 0.242 e. The van der Waals surface area contributed by atoms with Gasteiger partial charge in [-0.25, -0.2) is 0 Å². The molecule has 2 amide bonds. The molecular weight excluding hydrogens is 264 g/mol. The number of nitrogens with one attached hydrogen (secondary N) is 1. The maximum atomic E-state index is 12.4. The summed E-state index contributed by atoms with van der Waals surface area (Å²) in [5, 5.41) is 2.83. The largest absolute Gasteiger partial charge is 0.355 e. The molecule has 0 saturated heterocycles. The minimum Gasteiger partial charge on any atom is -0.355 e. The van der Waals surface area contributed by atoms with E-state index in [1.807, 2.05) is 51.1 Å². The van der Waals surface area contributed by atoms with Gasteiger partial charge < -0.3 is 10.2 Å². The molecule has 1 rings (SSSR count). The molecule has 0 spiro atoms. The molecule has 21 heavy (non-hydrogen) atoms. The second kappa shape index (κ2) is 9.16. The molecule has 1 aromatic rings. The first-order valence-corrected chi connectivity index (χ1v) is 7.75. The predicted molar refractivity (Wildman–Crippen MR) is 84.7 cm³/mol. The first-order chi connectivity index (χ1) is 10.1. The van der Waals surface area contributed by atoms with Gasteiger partial charge >= 0.3 is 0 Å². The van der Waals surface area contributed by atoms with Crippen molar-refractivity contribution in [1.29, 1.82) is 0 Å². The average Bonchev–Trinajstić information content (AvgIpc) is 2.48. The van der Waals surface area contributed by atoms with Crippen molar-refractivity contribution in [3.63, 3.8) is 0 Å². The number of carbonyl (C=O) groups is 2. The first-order valence-electron chi connectivity index (χ1n) is 7.75. The Hall–Kier alpha value is -1.84. The summed E-state index contributed by atoms with van der Waals surface area (Å²) in [5.41, 5.74) is 1.05. The lowest BCUT2D eigenvalue weighted by Crippen LogP contribution is -2.48. The molecule has 0 aromatic heterocycles. The highest BCUT2D eigenvalue weighted by molar-refractivity contribution is 5.87. The van der Waals surface area contributed by atoms with Crippen molar-refractivity contribution in [2.45, 2.75) is 52.6 Å². The molecule has 0 aliphatic heterocycles. The van der Waals surface area contributed by atoms with E-state index in [-0.39, 0.29) is 11.8 Å². The number of hydrogen-bond donors (Lipinski definition) is 1. The lowest BCUT2D eigenvalue weighted by molar-refractivity contribution is -0.141. The Morgan fingerprint density at radius 3 is 2.33 bits per heavy atom. The smallest absolute Gasteiger partial charge is 0.242 e. The highest BCUT2D eigenvalue weighted by Crippen LogP contribution is 2.14. The van der Waals surface area contributed by atoms with Crippen LogP contribution < -0.4 is 5.32 Å². The lowest BCUT2D eigenvalue weighted by atomic mass is 10.1. The Morgan fingerprint density at radius 2 is 1.81 bits per heavy atom. The van der Waals surface area contributed by atoms with Gasteiger partial charge in [0.15, 0.2) is 0 Å². The summed E-state index contributed by atoms with van der Waals surface area (Å²) in [7, 11) is 0. The van der Waals surface area contributed by atoms with Crippen molar-refractivity contribution >= 4 is 11.8 Å². The minimum atomic E-state index is -0.399. The van der Waals surface area contributed by atoms with Crippen molar-refractivity contribution < 1.29 is 9.59 Å². The SMILES string of the molecule is CCCC(=O)N(Cc1ccccc1)[C@@H](CC)C(=O)NCC. The molecule has 116 valence electrons. The van der Waals surface area contributed by atoms with Crippen LogP contribution in [0.25, 0.3) is 0 Å². The van der Waals surface area contributed by atoms with Gasteiger partial charge in [0, 0.05) is 19.5 Å². The first kappa shape index (κ1) is 17.2. The number of amides is 2. The molecule has 1 aromatic carbocycles. The fourth-order valence-corrected chi connectivity index (χ4v) is 2.35. The van der Waals surface area contributed by atoms with Crippen molar-refractivity contribution in [1.82, 2.24) is 10.2 Å². The van der Waals surface area contributed by atoms with Gasteiger partial charge in [0.05, 0.1) is 0 Å². The molecule has 4 nitrogen and oxygen atoms in total. The highest BCUT2D eigenvalue weighted by Gasteiger charge is 2.27. The van der Waals surface area contributed by atoms with E-state index in [4.69, 9.17) is 0 Å². The molecule has 0 saturated carbocycles. The molecule has 0 bridgehead atoms. The Labute approximate surface area is 127 Å². The van der Waals surface area contributed by atoms with Crippen molar-refractivity contribution in [3.05, 3.63) is 35.9 Å². The number of carbonyl (C=O) groups excluding carboxylic acids is 2. The van der Waals surface area contributed by atoms with Gasteiger partial charge in [-0.2, -0.15) is 0 Å². The predicted octanol–water partition coefficient (Wildman–Crippen LogP) is 2.73. The third-order valence-electron chi connectivity index (χ3n) is 3.40. The summed E-state index contributed by atoms with van der Waals surface area (Å²) in [4.78, 5) is 26.3. The number of benzene rings is 1. The van der Waals surface area contributed by atoms with Crippen LogP contribution in [-0.2, 0) is 16.1 Å². The van der Waals surface area contributed by atoms with Gasteiger partial charge in [-0.05, 0) is 25.3 Å². The van der Waals surface area contributed by atoms with E-state index in [0.717, 1.165) is 12.0 Å². The summed E-state index contributed by atoms with van der Waals surface area (Å²) in [6, 6.07) is 9.41. The molecule has 0 aliphatic carbocycles. The molecular formula is C17H26N2O2. The van der Waals surface area contributed by atoms with E-state index >= 15 is 0 Å². The second-order valence-electron chi connectivity index (χ2n) is 5.08. The normalized spacial score (nSPS) is 11.8. The van der Waals surface area contributed by atoms with Crippen LogP contribution in [0, 0.1) is 0 Å². The fraction of sp³-hybridized carbons (Fsp3) is 0.529. The van der Waals surface area contributed by atoms with Crippen molar-refractivity contribution in [3.8, 4) is 0 Å². The second-order valence-corrected chi connectivity index (χ2v) is 5.08. The standard InChI is InChI=1S/C17H26N2O2/c1-4-10-16(20)19(13-14-11-8-7-9-12-14)15(5-2)17(21)18-6-3/h7-9,11-12,15H,4-6,10,13H2,1-3H3,(H,18,21)/t15-/m0/s1. The zero-order valence-corrected chi connectivity index (χ0v) is 13.3. The molecule has 0 fully saturated rings. The number of likely N-dealkylation sites (N-methyl/N-ethyl adjacent to an activating group) is 1. The van der Waals surface area contributed by atoms with Crippen LogP contribution in [0.1, 0.15) is 45.6 Å². The van der Waals surface area contributed by atoms with E-state index in [9.17, 15) is 9.59 Å². The number of hydrogen-bond acceptors (Lipinski definition) is 2. The van der Waals surface area contributed by atoms with Crippen LogP contribution in [0.2, 0.25) is 0 Å². The molecule has 0 aliphatic rings. The van der Waals surface area contributed by atoms with Crippen LogP contribution in [0.4, 0.5) is 0 Å². The highest BCUT2D eigenvalue weighted by atomic mass is 16.2. The summed E-state index contributed by atoms with van der Waals surface area (Å²) in [5.74, 6) is -0.0279. The summed E-state index contributed by atoms with van der Waals surface area (Å²) in [6.45, 7) is 6.87. The summed E-state index contributed by atoms with van der Waals surface area (Å²) < 4.78 is 0. The molecule has 4 heteroatoms. The summed E-state index contributed by atoms with van der Waals surface area (Å²) >= 11 is 0. The molecule has 1 N–H and O–H groups in total. The van der Waals surface area contributed by atoms with Crippen molar-refractivity contribution in [2.24, 2.45) is 0 Å². The minimum absolute atomic E-state index is 0.0412. The van der Waals surface area contributed by atoms with Crippen LogP contribution in [-0.4, -0.2) is 29.3 Å². The average molecular weight is 290 g/mol. The van der Waals surface area contributed by atoms with Gasteiger partial charge in [-0.3, -0.25) is 9.59 Å². The lowest BCUT2D eigenvalue weighted by Gasteiger charge is -2.30. The van der Waals surface area contributed by atoms with Crippen molar-refractivity contribution in [2.75, 3.05) is 6.54 Å². The third-order valence-corrected chi connectivity index (χ3v) is 3.40. The Balaban J connectivity index is 2.94. The molecule has 0 radical (unpaired) electrons. The van der Waals surface area contributed by atoms with Crippen LogP contribution in [0.3, 0.4) is 0 Å². The third kappa shape index (κ3) is 5.21. The number of rotatable bonds is 8. The van der Waals surface area contributed by atoms with Gasteiger partial charge in [-0.1, -0.05) is 44.2 Å². The van der Waals surface area contributed by atoms with E-state index in [0.29, 0.717) is 25.9 Å². The number of nitrogens with zero attached hydrogens (tertiary/aromatic N) is 1. The quantitative estimate of drug-likeness (QED) is 0.800. The topological polar surface area (TPSA) is 49.4 Å². The molecule has 0 heterocycles. The zero-order chi connectivity index (χ0) is 15.7. The van der Waals surface area contributed by atoms with E-state index in [1.165, 1.54) is 0 Å². The monoisotopic (exact) mass is 290 g/mol. The van der Waals surface area contributed by atoms with Crippen LogP contribution >= 0.6 is 0 Å². The Bertz CT molecular complexity index is 445. The van der Waals surface area contributed by atoms with Gasteiger partial charge in [0.1, 0.15) is 6.04 Å². The fourth-order valence-electron chi connectivity index (χ4n) is 2.35. The Kier molecular flexibility index (Phi) is 7.51.